The third-order valence-corrected chi connectivity index (χ3v) is 5.21. The molecule has 0 aliphatic carbocycles. The van der Waals surface area contributed by atoms with Gasteiger partial charge in [-0.05, 0) is 33.1 Å². The molecule has 0 aliphatic heterocycles. The highest BCUT2D eigenvalue weighted by molar-refractivity contribution is 6.60. The van der Waals surface area contributed by atoms with Crippen LogP contribution in [0.25, 0.3) is 0 Å². The SMILES string of the molecule is CCO[Si](CCC(C)C)(OCC)OCC.N=C=O. The van der Waals surface area contributed by atoms with Crippen molar-refractivity contribution in [3.05, 3.63) is 0 Å². The highest BCUT2D eigenvalue weighted by Gasteiger charge is 2.39. The van der Waals surface area contributed by atoms with Gasteiger partial charge < -0.3 is 13.3 Å². The molecule has 0 radical (unpaired) electrons. The zero-order valence-corrected chi connectivity index (χ0v) is 13.2. The predicted octanol–water partition coefficient (Wildman–Crippen LogP) is 2.98. The van der Waals surface area contributed by atoms with Crippen molar-refractivity contribution < 1.29 is 18.1 Å². The average Bonchev–Trinajstić information content (AvgIpc) is 2.28. The van der Waals surface area contributed by atoms with Gasteiger partial charge in [0.15, 0.2) is 0 Å². The van der Waals surface area contributed by atoms with Crippen molar-refractivity contribution in [3.63, 3.8) is 0 Å². The third kappa shape index (κ3) is 10.6. The van der Waals surface area contributed by atoms with E-state index in [1.165, 1.54) is 0 Å². The molecule has 0 amide bonds. The van der Waals surface area contributed by atoms with Crippen LogP contribution in [0.3, 0.4) is 0 Å². The van der Waals surface area contributed by atoms with Crippen LogP contribution in [-0.2, 0) is 18.1 Å². The van der Waals surface area contributed by atoms with Gasteiger partial charge in [-0.3, -0.25) is 0 Å². The fraction of sp³-hybridized carbons (Fsp3) is 0.917. The monoisotopic (exact) mass is 277 g/mol. The molecule has 18 heavy (non-hydrogen) atoms. The number of isocyanates is 1. The first-order valence-corrected chi connectivity index (χ1v) is 8.40. The lowest BCUT2D eigenvalue weighted by molar-refractivity contribution is 0.0699. The summed E-state index contributed by atoms with van der Waals surface area (Å²) in [5.41, 5.74) is 0. The largest absolute Gasteiger partial charge is 0.500 e. The van der Waals surface area contributed by atoms with Gasteiger partial charge in [0, 0.05) is 25.9 Å². The number of nitrogens with one attached hydrogen (secondary N) is 1. The summed E-state index contributed by atoms with van der Waals surface area (Å²) in [7, 11) is -2.36. The van der Waals surface area contributed by atoms with Crippen LogP contribution in [-0.4, -0.2) is 34.7 Å². The van der Waals surface area contributed by atoms with E-state index in [0.29, 0.717) is 25.7 Å². The molecule has 0 atom stereocenters. The average molecular weight is 277 g/mol. The summed E-state index contributed by atoms with van der Waals surface area (Å²) in [6.45, 7) is 12.4. The van der Waals surface area contributed by atoms with Gasteiger partial charge in [0.25, 0.3) is 0 Å². The van der Waals surface area contributed by atoms with Crippen LogP contribution >= 0.6 is 0 Å². The lowest BCUT2D eigenvalue weighted by atomic mass is 10.2. The molecule has 108 valence electrons. The van der Waals surface area contributed by atoms with Gasteiger partial charge in [-0.2, -0.15) is 0 Å². The van der Waals surface area contributed by atoms with Gasteiger partial charge in [-0.25, -0.2) is 10.2 Å². The number of rotatable bonds is 9. The fourth-order valence-electron chi connectivity index (χ4n) is 1.47. The Bertz CT molecular complexity index is 201. The van der Waals surface area contributed by atoms with Crippen LogP contribution in [0.1, 0.15) is 41.0 Å². The first-order valence-electron chi connectivity index (χ1n) is 6.47. The van der Waals surface area contributed by atoms with Gasteiger partial charge in [-0.1, -0.05) is 13.8 Å². The lowest BCUT2D eigenvalue weighted by Gasteiger charge is -2.28. The Morgan fingerprint density at radius 3 is 1.61 bits per heavy atom. The van der Waals surface area contributed by atoms with Gasteiger partial charge in [0.05, 0.1) is 0 Å². The zero-order chi connectivity index (χ0) is 14.4. The summed E-state index contributed by atoms with van der Waals surface area (Å²) in [6.07, 6.45) is 1.85. The summed E-state index contributed by atoms with van der Waals surface area (Å²) < 4.78 is 17.3. The van der Waals surface area contributed by atoms with Crippen LogP contribution in [0.5, 0.6) is 0 Å². The fourth-order valence-corrected chi connectivity index (χ4v) is 4.40. The summed E-state index contributed by atoms with van der Waals surface area (Å²) in [5, 5.41) is 5.40. The molecule has 6 heteroatoms. The molecule has 0 heterocycles. The molecule has 5 nitrogen and oxygen atoms in total. The summed E-state index contributed by atoms with van der Waals surface area (Å²) in [5.74, 6) is 0.665. The van der Waals surface area contributed by atoms with Gasteiger partial charge in [-0.15, -0.1) is 0 Å². The Hall–Kier alpha value is -0.523. The van der Waals surface area contributed by atoms with Crippen LogP contribution in [0.4, 0.5) is 0 Å². The number of hydrogen-bond donors (Lipinski definition) is 1. The Kier molecular flexibility index (Phi) is 14.2. The Morgan fingerprint density at radius 2 is 1.39 bits per heavy atom. The van der Waals surface area contributed by atoms with Crippen molar-refractivity contribution in [1.82, 2.24) is 0 Å². The Labute approximate surface area is 112 Å². The molecule has 0 spiro atoms. The maximum absolute atomic E-state index is 8.35. The minimum Gasteiger partial charge on any atom is -0.374 e. The van der Waals surface area contributed by atoms with Crippen LogP contribution in [0.15, 0.2) is 0 Å². The highest BCUT2D eigenvalue weighted by atomic mass is 28.4. The van der Waals surface area contributed by atoms with Crippen LogP contribution < -0.4 is 0 Å². The van der Waals surface area contributed by atoms with Crippen molar-refractivity contribution in [2.45, 2.75) is 47.1 Å². The quantitative estimate of drug-likeness (QED) is 0.399. The molecule has 0 aliphatic rings. The normalized spacial score (nSPS) is 10.8. The van der Waals surface area contributed by atoms with Gasteiger partial charge in [0.2, 0.25) is 6.08 Å². The van der Waals surface area contributed by atoms with Gasteiger partial charge in [0.1, 0.15) is 0 Å². The molecule has 0 bridgehead atoms. The van der Waals surface area contributed by atoms with Crippen molar-refractivity contribution in [2.75, 3.05) is 19.8 Å². The summed E-state index contributed by atoms with van der Waals surface area (Å²) in [6, 6.07) is 0.931. The second-order valence-corrected chi connectivity index (χ2v) is 6.75. The number of carbonyl (C=O) groups excluding carboxylic acids is 1. The second kappa shape index (κ2) is 12.9. The number of hydrogen-bond acceptors (Lipinski definition) is 5. The summed E-state index contributed by atoms with van der Waals surface area (Å²) >= 11 is 0. The smallest absolute Gasteiger partial charge is 0.374 e. The molecule has 0 aromatic carbocycles. The zero-order valence-electron chi connectivity index (χ0n) is 12.2. The van der Waals surface area contributed by atoms with Crippen molar-refractivity contribution in [3.8, 4) is 0 Å². The second-order valence-electron chi connectivity index (χ2n) is 4.02. The maximum Gasteiger partial charge on any atom is 0.500 e. The molecule has 0 unspecified atom stereocenters. The molecular weight excluding hydrogens is 250 g/mol. The molecule has 0 saturated carbocycles. The van der Waals surface area contributed by atoms with Gasteiger partial charge >= 0.3 is 8.80 Å². The van der Waals surface area contributed by atoms with E-state index in [4.69, 9.17) is 23.5 Å². The van der Waals surface area contributed by atoms with E-state index in [-0.39, 0.29) is 0 Å². The molecule has 0 rings (SSSR count). The third-order valence-electron chi connectivity index (χ3n) is 2.12. The molecule has 0 aromatic rings. The van der Waals surface area contributed by atoms with E-state index in [0.717, 1.165) is 18.5 Å². The first-order chi connectivity index (χ1) is 8.51. The van der Waals surface area contributed by atoms with Crippen LogP contribution in [0.2, 0.25) is 6.04 Å². The molecule has 0 saturated heterocycles. The highest BCUT2D eigenvalue weighted by Crippen LogP contribution is 2.20. The minimum atomic E-state index is -2.36. The Morgan fingerprint density at radius 1 is 1.06 bits per heavy atom. The van der Waals surface area contributed by atoms with E-state index in [9.17, 15) is 0 Å². The molecule has 0 aromatic heterocycles. The summed E-state index contributed by atoms with van der Waals surface area (Å²) in [4.78, 5) is 8.35. The minimum absolute atomic E-state index is 0.665. The topological polar surface area (TPSA) is 68.6 Å². The molecule has 0 fully saturated rings. The molecular formula is C12H27NO4Si. The van der Waals surface area contributed by atoms with E-state index < -0.39 is 8.80 Å². The maximum atomic E-state index is 8.35. The standard InChI is InChI=1S/C11H26O3Si.CHNO/c1-6-12-15(13-7-2,14-8-3)10-9-11(4)5;2-1-3/h11H,6-10H2,1-5H3;2H. The van der Waals surface area contributed by atoms with Crippen molar-refractivity contribution in [1.29, 1.82) is 5.41 Å². The first kappa shape index (κ1) is 19.8. The molecule has 1 N–H and O–H groups in total. The van der Waals surface area contributed by atoms with Crippen LogP contribution in [0, 0.1) is 11.3 Å². The Balaban J connectivity index is 0. The van der Waals surface area contributed by atoms with Crippen molar-refractivity contribution in [2.24, 2.45) is 5.92 Å². The van der Waals surface area contributed by atoms with E-state index in [1.807, 2.05) is 20.8 Å². The lowest BCUT2D eigenvalue weighted by Crippen LogP contribution is -2.46. The van der Waals surface area contributed by atoms with E-state index >= 15 is 0 Å². The van der Waals surface area contributed by atoms with E-state index in [2.05, 4.69) is 13.8 Å². The predicted molar refractivity (Wildman–Crippen MR) is 73.3 cm³/mol. The van der Waals surface area contributed by atoms with E-state index in [1.54, 1.807) is 0 Å². The van der Waals surface area contributed by atoms with Crippen molar-refractivity contribution >= 4 is 14.9 Å².